The second-order valence-electron chi connectivity index (χ2n) is 5.99. The molecule has 1 fully saturated rings. The van der Waals surface area contributed by atoms with Crippen molar-refractivity contribution in [1.82, 2.24) is 20.0 Å². The van der Waals surface area contributed by atoms with Crippen molar-refractivity contribution in [3.05, 3.63) is 11.3 Å². The Kier molecular flexibility index (Phi) is 5.69. The third-order valence-corrected chi connectivity index (χ3v) is 4.33. The van der Waals surface area contributed by atoms with Crippen molar-refractivity contribution in [2.45, 2.75) is 32.2 Å². The molecule has 0 aromatic carbocycles. The van der Waals surface area contributed by atoms with Gasteiger partial charge < -0.3 is 15.1 Å². The number of aromatic nitrogens is 2. The van der Waals surface area contributed by atoms with E-state index in [1.807, 2.05) is 18.7 Å². The van der Waals surface area contributed by atoms with Gasteiger partial charge in [-0.15, -0.1) is 11.6 Å². The van der Waals surface area contributed by atoms with E-state index in [2.05, 4.69) is 27.3 Å². The average molecular weight is 328 g/mol. The van der Waals surface area contributed by atoms with Crippen LogP contribution in [0.3, 0.4) is 0 Å². The van der Waals surface area contributed by atoms with E-state index < -0.39 is 5.38 Å². The first-order valence-corrected chi connectivity index (χ1v) is 8.21. The van der Waals surface area contributed by atoms with E-state index >= 15 is 0 Å². The number of halogens is 1. The van der Waals surface area contributed by atoms with Crippen LogP contribution in [0.25, 0.3) is 0 Å². The van der Waals surface area contributed by atoms with Crippen molar-refractivity contribution in [3.63, 3.8) is 0 Å². The summed E-state index contributed by atoms with van der Waals surface area (Å²) in [5.74, 6) is 0.960. The van der Waals surface area contributed by atoms with Gasteiger partial charge in [0.05, 0.1) is 5.69 Å². The van der Waals surface area contributed by atoms with Crippen LogP contribution in [-0.2, 0) is 18.4 Å². The van der Waals surface area contributed by atoms with Crippen molar-refractivity contribution in [2.24, 2.45) is 7.05 Å². The van der Waals surface area contributed by atoms with E-state index in [1.54, 1.807) is 6.92 Å². The van der Waals surface area contributed by atoms with Crippen molar-refractivity contribution < 1.29 is 4.79 Å². The predicted octanol–water partition coefficient (Wildman–Crippen LogP) is 1.11. The molecular formula is C15H26ClN5O. The highest BCUT2D eigenvalue weighted by atomic mass is 35.5. The van der Waals surface area contributed by atoms with E-state index in [0.717, 1.165) is 49.7 Å². The number of hydrogen-bond acceptors (Lipinski definition) is 4. The quantitative estimate of drug-likeness (QED) is 0.842. The van der Waals surface area contributed by atoms with Gasteiger partial charge >= 0.3 is 0 Å². The fraction of sp³-hybridized carbons (Fsp3) is 0.733. The summed E-state index contributed by atoms with van der Waals surface area (Å²) in [5, 5.41) is 6.91. The lowest BCUT2D eigenvalue weighted by Crippen LogP contribution is -2.33. The molecule has 1 aliphatic rings. The summed E-state index contributed by atoms with van der Waals surface area (Å²) in [4.78, 5) is 16.4. The van der Waals surface area contributed by atoms with Gasteiger partial charge in [-0.3, -0.25) is 9.48 Å². The van der Waals surface area contributed by atoms with Crippen LogP contribution in [0.5, 0.6) is 0 Å². The minimum Gasteiger partial charge on any atom is -0.355 e. The largest absolute Gasteiger partial charge is 0.355 e. The Morgan fingerprint density at radius 2 is 2.05 bits per heavy atom. The van der Waals surface area contributed by atoms with Crippen LogP contribution in [0.1, 0.15) is 24.6 Å². The first kappa shape index (κ1) is 17.1. The maximum Gasteiger partial charge on any atom is 0.238 e. The van der Waals surface area contributed by atoms with Gasteiger partial charge in [-0.25, -0.2) is 0 Å². The maximum atomic E-state index is 11.7. The highest BCUT2D eigenvalue weighted by Crippen LogP contribution is 2.24. The molecule has 0 saturated carbocycles. The van der Waals surface area contributed by atoms with Crippen LogP contribution >= 0.6 is 11.6 Å². The highest BCUT2D eigenvalue weighted by Gasteiger charge is 2.22. The number of carbonyl (C=O) groups is 1. The van der Waals surface area contributed by atoms with Crippen molar-refractivity contribution in [1.29, 1.82) is 0 Å². The smallest absolute Gasteiger partial charge is 0.238 e. The molecule has 1 aromatic heterocycles. The number of carbonyl (C=O) groups excluding carboxylic acids is 1. The second-order valence-corrected chi connectivity index (χ2v) is 6.64. The van der Waals surface area contributed by atoms with Crippen molar-refractivity contribution in [2.75, 3.05) is 38.1 Å². The first-order chi connectivity index (χ1) is 10.4. The Balaban J connectivity index is 2.18. The lowest BCUT2D eigenvalue weighted by molar-refractivity contribution is -0.120. The number of rotatable bonds is 4. The summed E-state index contributed by atoms with van der Waals surface area (Å²) in [5.41, 5.74) is 2.04. The molecule has 2 rings (SSSR count). The summed E-state index contributed by atoms with van der Waals surface area (Å²) < 4.78 is 1.92. The van der Waals surface area contributed by atoms with E-state index in [9.17, 15) is 4.79 Å². The van der Waals surface area contributed by atoms with Gasteiger partial charge in [-0.05, 0) is 33.9 Å². The minimum absolute atomic E-state index is 0.147. The normalized spacial score (nSPS) is 18.1. The zero-order valence-electron chi connectivity index (χ0n) is 13.9. The Hall–Kier alpha value is -1.27. The fourth-order valence-corrected chi connectivity index (χ4v) is 2.94. The Morgan fingerprint density at radius 1 is 1.32 bits per heavy atom. The monoisotopic (exact) mass is 327 g/mol. The van der Waals surface area contributed by atoms with Gasteiger partial charge in [-0.1, -0.05) is 0 Å². The molecule has 0 aliphatic carbocycles. The number of hydrogen-bond donors (Lipinski definition) is 1. The first-order valence-electron chi connectivity index (χ1n) is 7.78. The van der Waals surface area contributed by atoms with Gasteiger partial charge in [0.15, 0.2) is 0 Å². The number of aryl methyl sites for hydroxylation is 2. The summed E-state index contributed by atoms with van der Waals surface area (Å²) >= 11 is 5.82. The number of nitrogens with one attached hydrogen (secondary N) is 1. The van der Waals surface area contributed by atoms with Crippen LogP contribution in [0.15, 0.2) is 0 Å². The van der Waals surface area contributed by atoms with E-state index in [4.69, 9.17) is 11.6 Å². The Labute approximate surface area is 137 Å². The zero-order valence-corrected chi connectivity index (χ0v) is 14.7. The number of anilines is 1. The van der Waals surface area contributed by atoms with Crippen LogP contribution in [0.4, 0.5) is 5.82 Å². The zero-order chi connectivity index (χ0) is 16.3. The standard InChI is InChI=1S/C15H26ClN5O/c1-11(16)14(22)17-10-13-12(2)18-20(4)15(13)21-7-5-6-19(3)8-9-21/h11H,5-10H2,1-4H3,(H,17,22). The molecule has 7 heteroatoms. The van der Waals surface area contributed by atoms with Crippen LogP contribution in [-0.4, -0.2) is 59.2 Å². The predicted molar refractivity (Wildman–Crippen MR) is 89.4 cm³/mol. The van der Waals surface area contributed by atoms with E-state index in [0.29, 0.717) is 6.54 Å². The highest BCUT2D eigenvalue weighted by molar-refractivity contribution is 6.30. The van der Waals surface area contributed by atoms with Gasteiger partial charge in [-0.2, -0.15) is 5.10 Å². The Bertz CT molecular complexity index is 528. The molecule has 1 saturated heterocycles. The molecule has 22 heavy (non-hydrogen) atoms. The molecule has 1 N–H and O–H groups in total. The fourth-order valence-electron chi connectivity index (χ4n) is 2.87. The molecule has 1 aliphatic heterocycles. The molecule has 0 radical (unpaired) electrons. The van der Waals surface area contributed by atoms with E-state index in [1.165, 1.54) is 0 Å². The summed E-state index contributed by atoms with van der Waals surface area (Å²) in [6.07, 6.45) is 1.13. The lowest BCUT2D eigenvalue weighted by Gasteiger charge is -2.24. The molecule has 1 unspecified atom stereocenters. The molecule has 6 nitrogen and oxygen atoms in total. The molecule has 1 atom stereocenters. The molecule has 1 amide bonds. The minimum atomic E-state index is -0.521. The van der Waals surface area contributed by atoms with Crippen LogP contribution in [0.2, 0.25) is 0 Å². The number of likely N-dealkylation sites (N-methyl/N-ethyl adjacent to an activating group) is 1. The average Bonchev–Trinajstić information content (AvgIpc) is 2.61. The lowest BCUT2D eigenvalue weighted by atomic mass is 10.2. The number of amides is 1. The summed E-state index contributed by atoms with van der Waals surface area (Å²) in [6, 6.07) is 0. The molecular weight excluding hydrogens is 302 g/mol. The van der Waals surface area contributed by atoms with Crippen LogP contribution < -0.4 is 10.2 Å². The molecule has 2 heterocycles. The SMILES string of the molecule is Cc1nn(C)c(N2CCCN(C)CC2)c1CNC(=O)C(C)Cl. The van der Waals surface area contributed by atoms with Gasteiger partial charge in [0, 0.05) is 38.8 Å². The number of nitrogens with zero attached hydrogens (tertiary/aromatic N) is 4. The van der Waals surface area contributed by atoms with Gasteiger partial charge in [0.2, 0.25) is 5.91 Å². The van der Waals surface area contributed by atoms with Gasteiger partial charge in [0.25, 0.3) is 0 Å². The summed E-state index contributed by atoms with van der Waals surface area (Å²) in [6.45, 7) is 8.27. The number of alkyl halides is 1. The van der Waals surface area contributed by atoms with Gasteiger partial charge in [0.1, 0.15) is 11.2 Å². The van der Waals surface area contributed by atoms with Crippen LogP contribution in [0, 0.1) is 6.92 Å². The van der Waals surface area contributed by atoms with E-state index in [-0.39, 0.29) is 5.91 Å². The van der Waals surface area contributed by atoms with Crippen molar-refractivity contribution in [3.8, 4) is 0 Å². The summed E-state index contributed by atoms with van der Waals surface area (Å²) in [7, 11) is 4.12. The molecule has 0 spiro atoms. The topological polar surface area (TPSA) is 53.4 Å². The third kappa shape index (κ3) is 3.93. The Morgan fingerprint density at radius 3 is 2.73 bits per heavy atom. The molecule has 0 bridgehead atoms. The van der Waals surface area contributed by atoms with Crippen molar-refractivity contribution >= 4 is 23.3 Å². The molecule has 124 valence electrons. The molecule has 1 aromatic rings. The maximum absolute atomic E-state index is 11.7. The second kappa shape index (κ2) is 7.33. The third-order valence-electron chi connectivity index (χ3n) is 4.13.